The van der Waals surface area contributed by atoms with Crippen molar-refractivity contribution in [2.45, 2.75) is 85.1 Å². The van der Waals surface area contributed by atoms with Crippen LogP contribution >= 0.6 is 0 Å². The van der Waals surface area contributed by atoms with Crippen molar-refractivity contribution >= 4 is 0 Å². The van der Waals surface area contributed by atoms with Gasteiger partial charge >= 0.3 is 0 Å². The minimum absolute atomic E-state index is 0.517. The van der Waals surface area contributed by atoms with Crippen molar-refractivity contribution in [1.82, 2.24) is 10.2 Å². The van der Waals surface area contributed by atoms with E-state index in [2.05, 4.69) is 45.0 Å². The third-order valence-electron chi connectivity index (χ3n) is 5.37. The van der Waals surface area contributed by atoms with Crippen LogP contribution in [0.4, 0.5) is 0 Å². The Balaban J connectivity index is 2.65. The Morgan fingerprint density at radius 2 is 1.57 bits per heavy atom. The molecule has 0 bridgehead atoms. The highest BCUT2D eigenvalue weighted by Gasteiger charge is 2.33. The van der Waals surface area contributed by atoms with Crippen LogP contribution in [0.5, 0.6) is 0 Å². The summed E-state index contributed by atoms with van der Waals surface area (Å²) in [5, 5.41) is 3.78. The Labute approximate surface area is 134 Å². The van der Waals surface area contributed by atoms with E-state index >= 15 is 0 Å². The summed E-state index contributed by atoms with van der Waals surface area (Å²) in [6, 6.07) is 0.759. The summed E-state index contributed by atoms with van der Waals surface area (Å²) in [6.45, 7) is 13.0. The van der Waals surface area contributed by atoms with Gasteiger partial charge in [-0.2, -0.15) is 0 Å². The molecule has 1 fully saturated rings. The van der Waals surface area contributed by atoms with Gasteiger partial charge in [-0.15, -0.1) is 0 Å². The Bertz CT molecular complexity index is 250. The van der Waals surface area contributed by atoms with Gasteiger partial charge < -0.3 is 10.2 Å². The predicted molar refractivity (Wildman–Crippen MR) is 94.8 cm³/mol. The molecule has 0 atom stereocenters. The first-order valence-electron chi connectivity index (χ1n) is 9.44. The summed E-state index contributed by atoms with van der Waals surface area (Å²) < 4.78 is 0. The van der Waals surface area contributed by atoms with Gasteiger partial charge in [0.05, 0.1) is 0 Å². The second kappa shape index (κ2) is 9.84. The zero-order valence-corrected chi connectivity index (χ0v) is 15.4. The van der Waals surface area contributed by atoms with Crippen molar-refractivity contribution in [3.05, 3.63) is 0 Å². The average molecular weight is 297 g/mol. The molecule has 1 saturated carbocycles. The monoisotopic (exact) mass is 296 g/mol. The maximum atomic E-state index is 3.78. The summed E-state index contributed by atoms with van der Waals surface area (Å²) in [4.78, 5) is 2.66. The first kappa shape index (κ1) is 19.0. The van der Waals surface area contributed by atoms with Crippen molar-refractivity contribution in [3.63, 3.8) is 0 Å². The largest absolute Gasteiger partial charge is 0.316 e. The molecule has 1 aliphatic carbocycles. The van der Waals surface area contributed by atoms with E-state index in [0.29, 0.717) is 5.41 Å². The topological polar surface area (TPSA) is 15.3 Å². The standard InChI is InChI=1S/C19H40N2/c1-6-18(7-2)21(5)16-19(15-20-14-17(3)4)12-10-8-9-11-13-19/h17-18,20H,6-16H2,1-5H3. The van der Waals surface area contributed by atoms with E-state index in [1.807, 2.05) is 0 Å². The van der Waals surface area contributed by atoms with E-state index in [0.717, 1.165) is 18.5 Å². The Kier molecular flexibility index (Phi) is 8.89. The molecule has 0 aromatic carbocycles. The zero-order chi connectivity index (χ0) is 15.7. The third kappa shape index (κ3) is 6.69. The molecule has 0 radical (unpaired) electrons. The maximum absolute atomic E-state index is 3.78. The number of hydrogen-bond acceptors (Lipinski definition) is 2. The van der Waals surface area contributed by atoms with Crippen LogP contribution in [0, 0.1) is 11.3 Å². The van der Waals surface area contributed by atoms with Gasteiger partial charge in [0.15, 0.2) is 0 Å². The third-order valence-corrected chi connectivity index (χ3v) is 5.37. The van der Waals surface area contributed by atoms with E-state index < -0.39 is 0 Å². The summed E-state index contributed by atoms with van der Waals surface area (Å²) in [7, 11) is 2.35. The lowest BCUT2D eigenvalue weighted by Crippen LogP contribution is -2.46. The molecule has 0 heterocycles. The molecule has 0 spiro atoms. The number of nitrogens with one attached hydrogen (secondary N) is 1. The Hall–Kier alpha value is -0.0800. The average Bonchev–Trinajstić information content (AvgIpc) is 2.65. The first-order chi connectivity index (χ1) is 10.0. The first-order valence-corrected chi connectivity index (χ1v) is 9.44. The lowest BCUT2D eigenvalue weighted by molar-refractivity contribution is 0.110. The van der Waals surface area contributed by atoms with Crippen LogP contribution in [0.15, 0.2) is 0 Å². The lowest BCUT2D eigenvalue weighted by atomic mass is 9.79. The summed E-state index contributed by atoms with van der Waals surface area (Å²) in [6.07, 6.45) is 11.2. The molecule has 1 N–H and O–H groups in total. The minimum atomic E-state index is 0.517. The number of nitrogens with zero attached hydrogens (tertiary/aromatic N) is 1. The molecule has 21 heavy (non-hydrogen) atoms. The van der Waals surface area contributed by atoms with Crippen molar-refractivity contribution in [1.29, 1.82) is 0 Å². The maximum Gasteiger partial charge on any atom is 0.00872 e. The van der Waals surface area contributed by atoms with Crippen LogP contribution in [0.25, 0.3) is 0 Å². The van der Waals surface area contributed by atoms with E-state index in [4.69, 9.17) is 0 Å². The van der Waals surface area contributed by atoms with Gasteiger partial charge in [-0.25, -0.2) is 0 Å². The van der Waals surface area contributed by atoms with Crippen molar-refractivity contribution in [3.8, 4) is 0 Å². The van der Waals surface area contributed by atoms with Gasteiger partial charge in [-0.3, -0.25) is 0 Å². The fourth-order valence-electron chi connectivity index (χ4n) is 4.07. The molecule has 2 heteroatoms. The molecule has 1 rings (SSSR count). The molecule has 0 aromatic heterocycles. The lowest BCUT2D eigenvalue weighted by Gasteiger charge is -2.40. The molecular formula is C19H40N2. The normalized spacial score (nSPS) is 19.4. The second-order valence-electron chi connectivity index (χ2n) is 7.82. The van der Waals surface area contributed by atoms with Crippen molar-refractivity contribution in [2.24, 2.45) is 11.3 Å². The molecule has 0 saturated heterocycles. The van der Waals surface area contributed by atoms with Crippen LogP contribution in [0.1, 0.15) is 79.1 Å². The van der Waals surface area contributed by atoms with Crippen LogP contribution < -0.4 is 5.32 Å². The fourth-order valence-corrected chi connectivity index (χ4v) is 4.07. The van der Waals surface area contributed by atoms with Gasteiger partial charge in [-0.05, 0) is 50.6 Å². The minimum Gasteiger partial charge on any atom is -0.316 e. The van der Waals surface area contributed by atoms with Gasteiger partial charge in [0.25, 0.3) is 0 Å². The highest BCUT2D eigenvalue weighted by atomic mass is 15.1. The van der Waals surface area contributed by atoms with Crippen LogP contribution in [0.3, 0.4) is 0 Å². The van der Waals surface area contributed by atoms with E-state index in [1.54, 1.807) is 0 Å². The second-order valence-corrected chi connectivity index (χ2v) is 7.82. The quantitative estimate of drug-likeness (QED) is 0.621. The zero-order valence-electron chi connectivity index (χ0n) is 15.4. The number of rotatable bonds is 9. The van der Waals surface area contributed by atoms with E-state index in [1.165, 1.54) is 64.5 Å². The molecular weight excluding hydrogens is 256 g/mol. The summed E-state index contributed by atoms with van der Waals surface area (Å²) >= 11 is 0. The van der Waals surface area contributed by atoms with Gasteiger partial charge in [0.2, 0.25) is 0 Å². The number of hydrogen-bond donors (Lipinski definition) is 1. The molecule has 0 unspecified atom stereocenters. The molecule has 2 nitrogen and oxygen atoms in total. The van der Waals surface area contributed by atoms with Gasteiger partial charge in [0, 0.05) is 19.1 Å². The van der Waals surface area contributed by atoms with Crippen LogP contribution in [-0.4, -0.2) is 37.6 Å². The van der Waals surface area contributed by atoms with E-state index in [9.17, 15) is 0 Å². The SMILES string of the molecule is CCC(CC)N(C)CC1(CNCC(C)C)CCCCCC1. The highest BCUT2D eigenvalue weighted by molar-refractivity contribution is 4.87. The van der Waals surface area contributed by atoms with Crippen molar-refractivity contribution in [2.75, 3.05) is 26.7 Å². The summed E-state index contributed by atoms with van der Waals surface area (Å²) in [5.74, 6) is 0.754. The fraction of sp³-hybridized carbons (Fsp3) is 1.00. The van der Waals surface area contributed by atoms with Gasteiger partial charge in [-0.1, -0.05) is 53.4 Å². The molecule has 0 amide bonds. The Morgan fingerprint density at radius 3 is 2.05 bits per heavy atom. The summed E-state index contributed by atoms with van der Waals surface area (Å²) in [5.41, 5.74) is 0.517. The molecule has 1 aliphatic rings. The van der Waals surface area contributed by atoms with Crippen molar-refractivity contribution < 1.29 is 0 Å². The smallest absolute Gasteiger partial charge is 0.00872 e. The molecule has 0 aromatic rings. The van der Waals surface area contributed by atoms with Gasteiger partial charge in [0.1, 0.15) is 0 Å². The van der Waals surface area contributed by atoms with Crippen LogP contribution in [-0.2, 0) is 0 Å². The van der Waals surface area contributed by atoms with E-state index in [-0.39, 0.29) is 0 Å². The highest BCUT2D eigenvalue weighted by Crippen LogP contribution is 2.36. The Morgan fingerprint density at radius 1 is 1.00 bits per heavy atom. The molecule has 126 valence electrons. The molecule has 0 aliphatic heterocycles. The van der Waals surface area contributed by atoms with Crippen LogP contribution in [0.2, 0.25) is 0 Å². The predicted octanol–water partition coefficient (Wildman–Crippen LogP) is 4.69.